The maximum absolute atomic E-state index is 13.8. The third kappa shape index (κ3) is 4.53. The normalized spacial score (nSPS) is 10.7. The predicted octanol–water partition coefficient (Wildman–Crippen LogP) is 3.40. The lowest BCUT2D eigenvalue weighted by atomic mass is 10.2. The Morgan fingerprint density at radius 3 is 2.79 bits per heavy atom. The van der Waals surface area contributed by atoms with Crippen LogP contribution in [0.25, 0.3) is 0 Å². The Morgan fingerprint density at radius 1 is 1.38 bits per heavy atom. The Balaban J connectivity index is 1.97. The van der Waals surface area contributed by atoms with Crippen LogP contribution in [0.15, 0.2) is 29.6 Å². The van der Waals surface area contributed by atoms with E-state index in [0.717, 1.165) is 0 Å². The van der Waals surface area contributed by atoms with Crippen LogP contribution < -0.4 is 5.32 Å². The number of amides is 1. The van der Waals surface area contributed by atoms with E-state index in [1.165, 1.54) is 30.6 Å². The summed E-state index contributed by atoms with van der Waals surface area (Å²) in [6.45, 7) is 0.202. The van der Waals surface area contributed by atoms with Crippen molar-refractivity contribution >= 4 is 40.5 Å². The van der Waals surface area contributed by atoms with E-state index in [1.807, 2.05) is 0 Å². The van der Waals surface area contributed by atoms with E-state index in [0.29, 0.717) is 21.2 Å². The first kappa shape index (κ1) is 18.4. The molecule has 128 valence electrons. The van der Waals surface area contributed by atoms with Crippen molar-refractivity contribution in [1.29, 1.82) is 0 Å². The number of hydrogen-bond donors (Lipinski definition) is 1. The average Bonchev–Trinajstić information content (AvgIpc) is 2.98. The van der Waals surface area contributed by atoms with Gasteiger partial charge in [-0.15, -0.1) is 11.3 Å². The van der Waals surface area contributed by atoms with Crippen LogP contribution in [0.2, 0.25) is 5.02 Å². The molecule has 0 fully saturated rings. The molecular weight excluding hydrogens is 355 g/mol. The lowest BCUT2D eigenvalue weighted by Crippen LogP contribution is -2.30. The lowest BCUT2D eigenvalue weighted by molar-refractivity contribution is -0.117. The second kappa shape index (κ2) is 8.23. The number of hydrogen-bond acceptors (Lipinski definition) is 5. The van der Waals surface area contributed by atoms with E-state index < -0.39 is 11.8 Å². The summed E-state index contributed by atoms with van der Waals surface area (Å²) in [5.41, 5.74) is 0.731. The van der Waals surface area contributed by atoms with Crippen molar-refractivity contribution in [3.63, 3.8) is 0 Å². The summed E-state index contributed by atoms with van der Waals surface area (Å²) in [7, 11) is 2.96. The lowest BCUT2D eigenvalue weighted by Gasteiger charge is -2.17. The minimum absolute atomic E-state index is 0.0150. The van der Waals surface area contributed by atoms with Crippen molar-refractivity contribution in [2.24, 2.45) is 0 Å². The van der Waals surface area contributed by atoms with E-state index in [2.05, 4.69) is 10.1 Å². The highest BCUT2D eigenvalue weighted by Gasteiger charge is 2.17. The van der Waals surface area contributed by atoms with Crippen molar-refractivity contribution in [3.05, 3.63) is 50.9 Å². The first-order valence-corrected chi connectivity index (χ1v) is 8.25. The molecule has 0 radical (unpaired) electrons. The van der Waals surface area contributed by atoms with E-state index in [-0.39, 0.29) is 19.0 Å². The topological polar surface area (TPSA) is 58.6 Å². The van der Waals surface area contributed by atoms with Gasteiger partial charge in [0.25, 0.3) is 0 Å². The highest BCUT2D eigenvalue weighted by atomic mass is 35.5. The third-order valence-corrected chi connectivity index (χ3v) is 4.46. The molecule has 0 aliphatic heterocycles. The van der Waals surface area contributed by atoms with Crippen LogP contribution in [0.4, 0.5) is 10.1 Å². The van der Waals surface area contributed by atoms with Crippen molar-refractivity contribution in [2.45, 2.75) is 6.54 Å². The Labute approximate surface area is 148 Å². The van der Waals surface area contributed by atoms with E-state index in [9.17, 15) is 14.0 Å². The molecule has 0 saturated heterocycles. The minimum atomic E-state index is -0.508. The maximum Gasteiger partial charge on any atom is 0.350 e. The highest BCUT2D eigenvalue weighted by Crippen LogP contribution is 2.23. The number of ether oxygens (including phenoxy) is 1. The number of likely N-dealkylation sites (N-methyl/N-ethyl adjacent to an activating group) is 1. The SMILES string of the molecule is COC(=O)c1sccc1NC(=O)CN(C)Cc1c(F)cccc1Cl. The molecule has 1 aromatic carbocycles. The Bertz CT molecular complexity index is 730. The van der Waals surface area contributed by atoms with Gasteiger partial charge in [-0.05, 0) is 30.6 Å². The molecule has 0 atom stereocenters. The van der Waals surface area contributed by atoms with Crippen LogP contribution in [-0.2, 0) is 16.1 Å². The fraction of sp³-hybridized carbons (Fsp3) is 0.250. The number of rotatable bonds is 6. The molecule has 24 heavy (non-hydrogen) atoms. The monoisotopic (exact) mass is 370 g/mol. The molecule has 0 aliphatic carbocycles. The largest absolute Gasteiger partial charge is 0.465 e. The summed E-state index contributed by atoms with van der Waals surface area (Å²) in [4.78, 5) is 25.7. The third-order valence-electron chi connectivity index (χ3n) is 3.21. The minimum Gasteiger partial charge on any atom is -0.465 e. The van der Waals surface area contributed by atoms with Gasteiger partial charge >= 0.3 is 5.97 Å². The van der Waals surface area contributed by atoms with Gasteiger partial charge in [0, 0.05) is 17.1 Å². The van der Waals surface area contributed by atoms with Gasteiger partial charge in [0.1, 0.15) is 10.7 Å². The molecule has 0 spiro atoms. The summed E-state index contributed by atoms with van der Waals surface area (Å²) < 4.78 is 18.4. The molecule has 5 nitrogen and oxygen atoms in total. The number of carbonyl (C=O) groups is 2. The molecule has 0 saturated carbocycles. The zero-order valence-corrected chi connectivity index (χ0v) is 14.7. The number of nitrogens with one attached hydrogen (secondary N) is 1. The Hall–Kier alpha value is -1.96. The van der Waals surface area contributed by atoms with Crippen LogP contribution in [0.1, 0.15) is 15.2 Å². The number of anilines is 1. The molecule has 0 aliphatic rings. The number of methoxy groups -OCH3 is 1. The predicted molar refractivity (Wildman–Crippen MR) is 92.0 cm³/mol. The van der Waals surface area contributed by atoms with E-state index >= 15 is 0 Å². The molecule has 8 heteroatoms. The van der Waals surface area contributed by atoms with Crippen LogP contribution in [0.5, 0.6) is 0 Å². The number of halogens is 2. The maximum atomic E-state index is 13.8. The van der Waals surface area contributed by atoms with Crippen LogP contribution in [0.3, 0.4) is 0 Å². The first-order valence-electron chi connectivity index (χ1n) is 6.99. The van der Waals surface area contributed by atoms with Gasteiger partial charge in [-0.25, -0.2) is 9.18 Å². The van der Waals surface area contributed by atoms with Gasteiger partial charge in [0.05, 0.1) is 19.3 Å². The highest BCUT2D eigenvalue weighted by molar-refractivity contribution is 7.12. The number of thiophene rings is 1. The fourth-order valence-electron chi connectivity index (χ4n) is 2.10. The summed E-state index contributed by atoms with van der Waals surface area (Å²) in [5.74, 6) is -1.25. The molecule has 1 heterocycles. The molecule has 1 N–H and O–H groups in total. The Kier molecular flexibility index (Phi) is 6.30. The quantitative estimate of drug-likeness (QED) is 0.792. The molecular formula is C16H16ClFN2O3S. The van der Waals surface area contributed by atoms with Crippen LogP contribution in [0, 0.1) is 5.82 Å². The van der Waals surface area contributed by atoms with E-state index in [4.69, 9.17) is 11.6 Å². The summed E-state index contributed by atoms with van der Waals surface area (Å²) >= 11 is 7.16. The van der Waals surface area contributed by atoms with Gasteiger partial charge in [0.15, 0.2) is 0 Å². The molecule has 2 aromatic rings. The number of nitrogens with zero attached hydrogens (tertiary/aromatic N) is 1. The second-order valence-corrected chi connectivity index (χ2v) is 6.40. The van der Waals surface area contributed by atoms with Gasteiger partial charge in [-0.3, -0.25) is 9.69 Å². The molecule has 0 bridgehead atoms. The number of carbonyl (C=O) groups excluding carboxylic acids is 2. The molecule has 1 aromatic heterocycles. The summed E-state index contributed by atoms with van der Waals surface area (Å²) in [5, 5.41) is 4.65. The van der Waals surface area contributed by atoms with Crippen molar-refractivity contribution in [1.82, 2.24) is 4.90 Å². The van der Waals surface area contributed by atoms with E-state index in [1.54, 1.807) is 29.5 Å². The first-order chi connectivity index (χ1) is 11.4. The summed E-state index contributed by atoms with van der Waals surface area (Å²) in [6.07, 6.45) is 0. The average molecular weight is 371 g/mol. The van der Waals surface area contributed by atoms with Gasteiger partial charge < -0.3 is 10.1 Å². The summed E-state index contributed by atoms with van der Waals surface area (Å²) in [6, 6.07) is 6.08. The Morgan fingerprint density at radius 2 is 2.12 bits per heavy atom. The van der Waals surface area contributed by atoms with Gasteiger partial charge in [-0.1, -0.05) is 17.7 Å². The number of benzene rings is 1. The zero-order valence-electron chi connectivity index (χ0n) is 13.1. The van der Waals surface area contributed by atoms with Crippen LogP contribution >= 0.6 is 22.9 Å². The van der Waals surface area contributed by atoms with Crippen molar-refractivity contribution in [3.8, 4) is 0 Å². The second-order valence-electron chi connectivity index (χ2n) is 5.08. The van der Waals surface area contributed by atoms with Gasteiger partial charge in [0.2, 0.25) is 5.91 Å². The smallest absolute Gasteiger partial charge is 0.350 e. The molecule has 0 unspecified atom stereocenters. The molecule has 2 rings (SSSR count). The molecule has 1 amide bonds. The number of esters is 1. The van der Waals surface area contributed by atoms with Gasteiger partial charge in [-0.2, -0.15) is 0 Å². The van der Waals surface area contributed by atoms with Crippen molar-refractivity contribution < 1.29 is 18.7 Å². The zero-order chi connectivity index (χ0) is 17.7. The fourth-order valence-corrected chi connectivity index (χ4v) is 3.09. The standard InChI is InChI=1S/C16H16ClFN2O3S/c1-20(8-10-11(17)4-3-5-12(10)18)9-14(21)19-13-6-7-24-15(13)16(22)23-2/h3-7H,8-9H2,1-2H3,(H,19,21). The van der Waals surface area contributed by atoms with Crippen molar-refractivity contribution in [2.75, 3.05) is 26.0 Å². The van der Waals surface area contributed by atoms with Crippen LogP contribution in [-0.4, -0.2) is 37.5 Å².